The first kappa shape index (κ1) is 16.8. The number of nitrogens with zero attached hydrogens (tertiary/aromatic N) is 2. The van der Waals surface area contributed by atoms with Crippen LogP contribution in [0.25, 0.3) is 22.3 Å². The van der Waals surface area contributed by atoms with E-state index in [9.17, 15) is 5.11 Å². The Morgan fingerprint density at radius 3 is 2.50 bits per heavy atom. The van der Waals surface area contributed by atoms with Gasteiger partial charge in [-0.05, 0) is 58.4 Å². The lowest BCUT2D eigenvalue weighted by Gasteiger charge is -2.12. The Morgan fingerprint density at radius 1 is 0.923 bits per heavy atom. The average Bonchev–Trinajstić information content (AvgIpc) is 2.64. The summed E-state index contributed by atoms with van der Waals surface area (Å²) < 4.78 is 6.76. The van der Waals surface area contributed by atoms with Crippen LogP contribution in [0.2, 0.25) is 5.02 Å². The maximum Gasteiger partial charge on any atom is 0.230 e. The molecule has 1 N–H and O–H groups in total. The molecule has 128 valence electrons. The highest BCUT2D eigenvalue weighted by atomic mass is 79.9. The molecule has 0 saturated carbocycles. The lowest BCUT2D eigenvalue weighted by atomic mass is 10.1. The number of benzene rings is 3. The number of halogens is 2. The Labute approximate surface area is 163 Å². The molecule has 4 rings (SSSR count). The van der Waals surface area contributed by atoms with Crippen LogP contribution in [0.15, 0.2) is 71.2 Å². The third-order valence-corrected chi connectivity index (χ3v) is 4.67. The highest BCUT2D eigenvalue weighted by Gasteiger charge is 2.14. The number of ether oxygens (including phenoxy) is 1. The molecule has 0 aliphatic heterocycles. The average molecular weight is 428 g/mol. The molecule has 1 aromatic heterocycles. The van der Waals surface area contributed by atoms with Gasteiger partial charge in [-0.1, -0.05) is 35.9 Å². The maximum atomic E-state index is 10.1. The van der Waals surface area contributed by atoms with Crippen LogP contribution >= 0.6 is 27.5 Å². The van der Waals surface area contributed by atoms with E-state index >= 15 is 0 Å². The van der Waals surface area contributed by atoms with Gasteiger partial charge in [-0.3, -0.25) is 0 Å². The van der Waals surface area contributed by atoms with Crippen LogP contribution in [-0.4, -0.2) is 15.1 Å². The summed E-state index contributed by atoms with van der Waals surface area (Å²) in [6.45, 7) is 0. The van der Waals surface area contributed by atoms with Crippen molar-refractivity contribution in [2.75, 3.05) is 0 Å². The minimum atomic E-state index is 0.112. The number of hydrogen-bond acceptors (Lipinski definition) is 4. The van der Waals surface area contributed by atoms with Crippen molar-refractivity contribution >= 4 is 38.4 Å². The van der Waals surface area contributed by atoms with E-state index in [1.54, 1.807) is 36.4 Å². The van der Waals surface area contributed by atoms with E-state index < -0.39 is 0 Å². The van der Waals surface area contributed by atoms with Crippen LogP contribution in [0.3, 0.4) is 0 Å². The Bertz CT molecular complexity index is 1120. The molecule has 0 unspecified atom stereocenters. The molecule has 3 aromatic carbocycles. The van der Waals surface area contributed by atoms with Crippen molar-refractivity contribution in [1.82, 2.24) is 9.97 Å². The molecule has 0 radical (unpaired) electrons. The number of fused-ring (bicyclic) bond motifs is 1. The van der Waals surface area contributed by atoms with Crippen LogP contribution in [-0.2, 0) is 0 Å². The van der Waals surface area contributed by atoms with Crippen LogP contribution in [0, 0.1) is 0 Å². The molecule has 0 bridgehead atoms. The van der Waals surface area contributed by atoms with E-state index in [2.05, 4.69) is 25.9 Å². The van der Waals surface area contributed by atoms with Gasteiger partial charge in [-0.25, -0.2) is 4.98 Å². The SMILES string of the molecule is Oc1ccccc1-c1nc(Oc2ccc(Cl)cc2Br)c2ccccc2n1. The first-order valence-corrected chi connectivity index (χ1v) is 8.97. The number of para-hydroxylation sites is 2. The first-order valence-electron chi connectivity index (χ1n) is 7.80. The van der Waals surface area contributed by atoms with Gasteiger partial charge in [0.15, 0.2) is 5.82 Å². The summed E-state index contributed by atoms with van der Waals surface area (Å²) in [5.74, 6) is 1.49. The molecule has 0 fully saturated rings. The van der Waals surface area contributed by atoms with E-state index in [-0.39, 0.29) is 5.75 Å². The number of rotatable bonds is 3. The van der Waals surface area contributed by atoms with E-state index in [1.165, 1.54) is 0 Å². The molecule has 4 nitrogen and oxygen atoms in total. The zero-order valence-electron chi connectivity index (χ0n) is 13.4. The summed E-state index contributed by atoms with van der Waals surface area (Å²) in [6, 6.07) is 19.8. The van der Waals surface area contributed by atoms with E-state index in [1.807, 2.05) is 30.3 Å². The van der Waals surface area contributed by atoms with E-state index in [4.69, 9.17) is 16.3 Å². The first-order chi connectivity index (χ1) is 12.6. The Morgan fingerprint density at radius 2 is 1.69 bits per heavy atom. The second-order valence-corrected chi connectivity index (χ2v) is 6.85. The largest absolute Gasteiger partial charge is 0.507 e. The topological polar surface area (TPSA) is 55.2 Å². The molecule has 0 atom stereocenters. The van der Waals surface area contributed by atoms with Crippen LogP contribution < -0.4 is 4.74 Å². The Hall–Kier alpha value is -2.63. The summed E-state index contributed by atoms with van der Waals surface area (Å²) in [7, 11) is 0. The third kappa shape index (κ3) is 3.23. The van der Waals surface area contributed by atoms with Gasteiger partial charge in [-0.15, -0.1) is 0 Å². The van der Waals surface area contributed by atoms with Gasteiger partial charge in [0.1, 0.15) is 11.5 Å². The number of aromatic nitrogens is 2. The molecular weight excluding hydrogens is 416 g/mol. The highest BCUT2D eigenvalue weighted by Crippen LogP contribution is 2.36. The van der Waals surface area contributed by atoms with Gasteiger partial charge in [0, 0.05) is 5.02 Å². The number of phenolic OH excluding ortho intramolecular Hbond substituents is 1. The molecule has 4 aromatic rings. The van der Waals surface area contributed by atoms with Crippen molar-refractivity contribution in [3.63, 3.8) is 0 Å². The van der Waals surface area contributed by atoms with Crippen molar-refractivity contribution in [2.24, 2.45) is 0 Å². The molecule has 26 heavy (non-hydrogen) atoms. The quantitative estimate of drug-likeness (QED) is 0.422. The predicted octanol–water partition coefficient (Wildman–Crippen LogP) is 6.21. The molecule has 0 amide bonds. The normalized spacial score (nSPS) is 10.8. The fraction of sp³-hybridized carbons (Fsp3) is 0. The second kappa shape index (κ2) is 6.94. The molecule has 0 aliphatic carbocycles. The molecule has 0 aliphatic rings. The fourth-order valence-electron chi connectivity index (χ4n) is 2.57. The van der Waals surface area contributed by atoms with Crippen LogP contribution in [0.1, 0.15) is 0 Å². The van der Waals surface area contributed by atoms with Gasteiger partial charge in [-0.2, -0.15) is 4.98 Å². The van der Waals surface area contributed by atoms with Gasteiger partial charge in [0.05, 0.1) is 20.9 Å². The summed E-state index contributed by atoms with van der Waals surface area (Å²) in [5, 5.41) is 11.5. The van der Waals surface area contributed by atoms with Crippen molar-refractivity contribution in [3.05, 3.63) is 76.2 Å². The third-order valence-electron chi connectivity index (χ3n) is 3.81. The lowest BCUT2D eigenvalue weighted by molar-refractivity contribution is 0.464. The summed E-state index contributed by atoms with van der Waals surface area (Å²) in [5.41, 5.74) is 1.26. The number of phenols is 1. The monoisotopic (exact) mass is 426 g/mol. The summed E-state index contributed by atoms with van der Waals surface area (Å²) in [4.78, 5) is 9.10. The minimum Gasteiger partial charge on any atom is -0.507 e. The maximum absolute atomic E-state index is 10.1. The van der Waals surface area contributed by atoms with E-state index in [0.717, 1.165) is 15.4 Å². The van der Waals surface area contributed by atoms with Crippen LogP contribution in [0.5, 0.6) is 17.4 Å². The predicted molar refractivity (Wildman–Crippen MR) is 106 cm³/mol. The number of aromatic hydroxyl groups is 1. The Kier molecular flexibility index (Phi) is 4.49. The smallest absolute Gasteiger partial charge is 0.230 e. The zero-order valence-corrected chi connectivity index (χ0v) is 15.7. The fourth-order valence-corrected chi connectivity index (χ4v) is 3.33. The standard InChI is InChI=1S/C20H12BrClN2O2/c21-15-11-12(22)9-10-18(15)26-20-13-5-1-3-7-16(13)23-19(24-20)14-6-2-4-8-17(14)25/h1-11,25H. The van der Waals surface area contributed by atoms with Crippen molar-refractivity contribution in [2.45, 2.75) is 0 Å². The molecule has 6 heteroatoms. The van der Waals surface area contributed by atoms with Crippen molar-refractivity contribution < 1.29 is 9.84 Å². The molecule has 1 heterocycles. The van der Waals surface area contributed by atoms with Gasteiger partial charge >= 0.3 is 0 Å². The van der Waals surface area contributed by atoms with Gasteiger partial charge in [0.25, 0.3) is 0 Å². The number of hydrogen-bond donors (Lipinski definition) is 1. The molecule has 0 saturated heterocycles. The van der Waals surface area contributed by atoms with Crippen molar-refractivity contribution in [1.29, 1.82) is 0 Å². The summed E-state index contributed by atoms with van der Waals surface area (Å²) in [6.07, 6.45) is 0. The second-order valence-electron chi connectivity index (χ2n) is 5.56. The van der Waals surface area contributed by atoms with Gasteiger partial charge in [0.2, 0.25) is 5.88 Å². The van der Waals surface area contributed by atoms with E-state index in [0.29, 0.717) is 28.0 Å². The lowest BCUT2D eigenvalue weighted by Crippen LogP contribution is -1.96. The zero-order chi connectivity index (χ0) is 18.1. The van der Waals surface area contributed by atoms with Crippen LogP contribution in [0.4, 0.5) is 0 Å². The minimum absolute atomic E-state index is 0.112. The molecule has 0 spiro atoms. The Balaban J connectivity index is 1.89. The van der Waals surface area contributed by atoms with Gasteiger partial charge < -0.3 is 9.84 Å². The van der Waals surface area contributed by atoms with Crippen molar-refractivity contribution in [3.8, 4) is 28.8 Å². The summed E-state index contributed by atoms with van der Waals surface area (Å²) >= 11 is 9.45. The highest BCUT2D eigenvalue weighted by molar-refractivity contribution is 9.10. The molecular formula is C20H12BrClN2O2.